The summed E-state index contributed by atoms with van der Waals surface area (Å²) in [6, 6.07) is 7.16. The van der Waals surface area contributed by atoms with E-state index in [1.54, 1.807) is 18.2 Å². The molecule has 0 bridgehead atoms. The van der Waals surface area contributed by atoms with E-state index >= 15 is 0 Å². The van der Waals surface area contributed by atoms with Crippen LogP contribution < -0.4 is 16.4 Å². The van der Waals surface area contributed by atoms with E-state index in [9.17, 15) is 9.59 Å². The molecule has 6 heteroatoms. The number of anilines is 1. The van der Waals surface area contributed by atoms with Crippen molar-refractivity contribution in [3.63, 3.8) is 0 Å². The van der Waals surface area contributed by atoms with Crippen molar-refractivity contribution >= 4 is 17.5 Å². The minimum absolute atomic E-state index is 0.114. The molecule has 0 saturated heterocycles. The quantitative estimate of drug-likeness (QED) is 0.788. The van der Waals surface area contributed by atoms with Crippen LogP contribution in [-0.2, 0) is 6.54 Å². The van der Waals surface area contributed by atoms with Gasteiger partial charge in [0.25, 0.3) is 11.8 Å². The van der Waals surface area contributed by atoms with E-state index in [4.69, 9.17) is 10.2 Å². The molecular formula is C17H19N3O3. The third-order valence-corrected chi connectivity index (χ3v) is 3.78. The second-order valence-electron chi connectivity index (χ2n) is 5.74. The lowest BCUT2D eigenvalue weighted by Gasteiger charge is -2.10. The smallest absolute Gasteiger partial charge is 0.258 e. The minimum Gasteiger partial charge on any atom is -0.467 e. The lowest BCUT2D eigenvalue weighted by Crippen LogP contribution is -2.25. The van der Waals surface area contributed by atoms with Gasteiger partial charge in [-0.25, -0.2) is 0 Å². The zero-order valence-corrected chi connectivity index (χ0v) is 12.9. The van der Waals surface area contributed by atoms with Gasteiger partial charge in [0.1, 0.15) is 12.0 Å². The first-order chi connectivity index (χ1) is 11.1. The predicted molar refractivity (Wildman–Crippen MR) is 86.2 cm³/mol. The van der Waals surface area contributed by atoms with Crippen LogP contribution in [0.15, 0.2) is 34.9 Å². The SMILES string of the molecule is Cc1ccc(C(=O)NC2CC2)cc1NC(=O)c1coc(CN)c1. The first-order valence-corrected chi connectivity index (χ1v) is 7.57. The third kappa shape index (κ3) is 3.60. The van der Waals surface area contributed by atoms with Crippen LogP contribution in [0.4, 0.5) is 5.69 Å². The fourth-order valence-corrected chi connectivity index (χ4v) is 2.20. The lowest BCUT2D eigenvalue weighted by molar-refractivity contribution is 0.0949. The number of benzene rings is 1. The first kappa shape index (κ1) is 15.3. The van der Waals surface area contributed by atoms with Crippen molar-refractivity contribution in [2.45, 2.75) is 32.4 Å². The summed E-state index contributed by atoms with van der Waals surface area (Å²) in [6.07, 6.45) is 3.44. The van der Waals surface area contributed by atoms with Gasteiger partial charge in [0, 0.05) is 17.3 Å². The Morgan fingerprint density at radius 3 is 2.65 bits per heavy atom. The van der Waals surface area contributed by atoms with Gasteiger partial charge in [-0.2, -0.15) is 0 Å². The topological polar surface area (TPSA) is 97.4 Å². The number of rotatable bonds is 5. The van der Waals surface area contributed by atoms with Crippen molar-refractivity contribution in [2.24, 2.45) is 5.73 Å². The van der Waals surface area contributed by atoms with Crippen LogP contribution in [0.25, 0.3) is 0 Å². The second-order valence-corrected chi connectivity index (χ2v) is 5.74. The molecule has 0 radical (unpaired) electrons. The minimum atomic E-state index is -0.295. The number of carbonyl (C=O) groups excluding carboxylic acids is 2. The number of amides is 2. The number of hydrogen-bond acceptors (Lipinski definition) is 4. The molecule has 1 saturated carbocycles. The molecule has 4 N–H and O–H groups in total. The maximum absolute atomic E-state index is 12.3. The maximum Gasteiger partial charge on any atom is 0.258 e. The summed E-state index contributed by atoms with van der Waals surface area (Å²) in [7, 11) is 0. The van der Waals surface area contributed by atoms with Crippen LogP contribution in [0.1, 0.15) is 44.9 Å². The Bertz CT molecular complexity index is 747. The molecule has 6 nitrogen and oxygen atoms in total. The van der Waals surface area contributed by atoms with Gasteiger partial charge < -0.3 is 20.8 Å². The highest BCUT2D eigenvalue weighted by molar-refractivity contribution is 6.05. The Morgan fingerprint density at radius 1 is 1.22 bits per heavy atom. The summed E-state index contributed by atoms with van der Waals surface area (Å²) in [6.45, 7) is 2.11. The molecule has 1 aromatic carbocycles. The van der Waals surface area contributed by atoms with E-state index < -0.39 is 0 Å². The second kappa shape index (κ2) is 6.26. The van der Waals surface area contributed by atoms with Crippen LogP contribution in [0.3, 0.4) is 0 Å². The summed E-state index contributed by atoms with van der Waals surface area (Å²) in [5.41, 5.74) is 7.89. The number of nitrogens with two attached hydrogens (primary N) is 1. The van der Waals surface area contributed by atoms with Gasteiger partial charge in [-0.05, 0) is 43.5 Å². The largest absolute Gasteiger partial charge is 0.467 e. The molecule has 2 amide bonds. The van der Waals surface area contributed by atoms with E-state index in [-0.39, 0.29) is 18.4 Å². The normalized spacial score (nSPS) is 13.7. The Hall–Kier alpha value is -2.60. The Labute approximate surface area is 134 Å². The van der Waals surface area contributed by atoms with Crippen LogP contribution in [0.2, 0.25) is 0 Å². The van der Waals surface area contributed by atoms with Crippen LogP contribution in [0.5, 0.6) is 0 Å². The Morgan fingerprint density at radius 2 is 2.00 bits per heavy atom. The Kier molecular flexibility index (Phi) is 4.16. The summed E-state index contributed by atoms with van der Waals surface area (Å²) in [4.78, 5) is 24.4. The zero-order valence-electron chi connectivity index (χ0n) is 12.9. The van der Waals surface area contributed by atoms with Crippen LogP contribution in [-0.4, -0.2) is 17.9 Å². The van der Waals surface area contributed by atoms with E-state index in [1.165, 1.54) is 6.26 Å². The van der Waals surface area contributed by atoms with Gasteiger partial charge in [-0.1, -0.05) is 6.07 Å². The van der Waals surface area contributed by atoms with Crippen molar-refractivity contribution in [3.8, 4) is 0 Å². The van der Waals surface area contributed by atoms with E-state index in [1.807, 2.05) is 13.0 Å². The number of furan rings is 1. The fraction of sp³-hybridized carbons (Fsp3) is 0.294. The molecule has 120 valence electrons. The van der Waals surface area contributed by atoms with Crippen molar-refractivity contribution in [2.75, 3.05) is 5.32 Å². The molecule has 1 aliphatic carbocycles. The molecule has 0 atom stereocenters. The highest BCUT2D eigenvalue weighted by Crippen LogP contribution is 2.22. The van der Waals surface area contributed by atoms with E-state index in [0.29, 0.717) is 28.6 Å². The van der Waals surface area contributed by atoms with Crippen molar-refractivity contribution in [1.82, 2.24) is 5.32 Å². The lowest BCUT2D eigenvalue weighted by atomic mass is 10.1. The summed E-state index contributed by atoms with van der Waals surface area (Å²) < 4.78 is 5.17. The van der Waals surface area contributed by atoms with Crippen LogP contribution in [0, 0.1) is 6.92 Å². The van der Waals surface area contributed by atoms with Crippen molar-refractivity contribution in [3.05, 3.63) is 53.0 Å². The van der Waals surface area contributed by atoms with Gasteiger partial charge >= 0.3 is 0 Å². The molecule has 23 heavy (non-hydrogen) atoms. The highest BCUT2D eigenvalue weighted by atomic mass is 16.3. The predicted octanol–water partition coefficient (Wildman–Crippen LogP) is 2.19. The molecule has 1 heterocycles. The van der Waals surface area contributed by atoms with Gasteiger partial charge in [0.2, 0.25) is 0 Å². The van der Waals surface area contributed by atoms with E-state index in [0.717, 1.165) is 18.4 Å². The summed E-state index contributed by atoms with van der Waals surface area (Å²) >= 11 is 0. The zero-order chi connectivity index (χ0) is 16.4. The molecule has 3 rings (SSSR count). The molecule has 0 spiro atoms. The molecule has 0 unspecified atom stereocenters. The first-order valence-electron chi connectivity index (χ1n) is 7.57. The molecule has 1 aliphatic rings. The number of aryl methyl sites for hydroxylation is 1. The van der Waals surface area contributed by atoms with Gasteiger partial charge in [0.05, 0.1) is 12.1 Å². The Balaban J connectivity index is 1.75. The molecule has 1 aromatic heterocycles. The maximum atomic E-state index is 12.3. The van der Waals surface area contributed by atoms with Crippen LogP contribution >= 0.6 is 0 Å². The van der Waals surface area contributed by atoms with Gasteiger partial charge in [-0.3, -0.25) is 9.59 Å². The standard InChI is InChI=1S/C17H19N3O3/c1-10-2-3-11(16(21)19-13-4-5-13)7-15(10)20-17(22)12-6-14(8-18)23-9-12/h2-3,6-7,9,13H,4-5,8,18H2,1H3,(H,19,21)(H,20,22). The fourth-order valence-electron chi connectivity index (χ4n) is 2.20. The summed E-state index contributed by atoms with van der Waals surface area (Å²) in [5, 5.41) is 5.74. The number of carbonyl (C=O) groups is 2. The molecule has 2 aromatic rings. The molecular weight excluding hydrogens is 294 g/mol. The van der Waals surface area contributed by atoms with Gasteiger partial charge in [0.15, 0.2) is 0 Å². The monoisotopic (exact) mass is 313 g/mol. The average Bonchev–Trinajstić information content (AvgIpc) is 3.22. The highest BCUT2D eigenvalue weighted by Gasteiger charge is 2.24. The number of nitrogens with one attached hydrogen (secondary N) is 2. The van der Waals surface area contributed by atoms with Gasteiger partial charge in [-0.15, -0.1) is 0 Å². The summed E-state index contributed by atoms with van der Waals surface area (Å²) in [5.74, 6) is 0.137. The van der Waals surface area contributed by atoms with Crippen molar-refractivity contribution in [1.29, 1.82) is 0 Å². The number of hydrogen-bond donors (Lipinski definition) is 3. The molecule has 1 fully saturated rings. The van der Waals surface area contributed by atoms with Crippen molar-refractivity contribution < 1.29 is 14.0 Å². The third-order valence-electron chi connectivity index (χ3n) is 3.78. The van der Waals surface area contributed by atoms with E-state index in [2.05, 4.69) is 10.6 Å². The average molecular weight is 313 g/mol. The molecule has 0 aliphatic heterocycles.